The van der Waals surface area contributed by atoms with Gasteiger partial charge in [0.1, 0.15) is 5.75 Å². The maximum absolute atomic E-state index is 12.1. The van der Waals surface area contributed by atoms with Gasteiger partial charge in [-0.25, -0.2) is 4.79 Å². The predicted molar refractivity (Wildman–Crippen MR) is 150 cm³/mol. The minimum Gasteiger partial charge on any atom is -0.508 e. The first-order valence-electron chi connectivity index (χ1n) is 14.1. The smallest absolute Gasteiger partial charge is 0.325 e. The molecule has 0 saturated heterocycles. The molecule has 0 aliphatic rings. The molecule has 5 nitrogen and oxygen atoms in total. The summed E-state index contributed by atoms with van der Waals surface area (Å²) in [6.45, 7) is 2.27. The van der Waals surface area contributed by atoms with Crippen molar-refractivity contribution in [2.24, 2.45) is 0 Å². The molecule has 0 heterocycles. The second kappa shape index (κ2) is 18.4. The van der Waals surface area contributed by atoms with Crippen LogP contribution in [0.3, 0.4) is 0 Å². The molecule has 0 unspecified atom stereocenters. The van der Waals surface area contributed by atoms with Crippen LogP contribution in [-0.4, -0.2) is 17.0 Å². The number of carbonyl (C=O) groups is 2. The lowest BCUT2D eigenvalue weighted by molar-refractivity contribution is -0.120. The van der Waals surface area contributed by atoms with Crippen molar-refractivity contribution in [2.75, 3.05) is 5.32 Å². The van der Waals surface area contributed by atoms with Crippen LogP contribution in [0.1, 0.15) is 110 Å². The monoisotopic (exact) mass is 494 g/mol. The summed E-state index contributed by atoms with van der Waals surface area (Å²) in [4.78, 5) is 24.2. The average molecular weight is 495 g/mol. The molecule has 2 aromatic rings. The van der Waals surface area contributed by atoms with Crippen molar-refractivity contribution in [1.82, 2.24) is 5.32 Å². The summed E-state index contributed by atoms with van der Waals surface area (Å²) in [5.74, 6) is -0.00868. The Balaban J connectivity index is 1.45. The summed E-state index contributed by atoms with van der Waals surface area (Å²) in [5.41, 5.74) is 2.57. The molecule has 0 aliphatic heterocycles. The molecule has 3 N–H and O–H groups in total. The number of carbonyl (C=O) groups excluding carboxylic acids is 2. The van der Waals surface area contributed by atoms with Gasteiger partial charge in [-0.1, -0.05) is 121 Å². The number of imide groups is 1. The third-order valence-electron chi connectivity index (χ3n) is 6.60. The Bertz CT molecular complexity index is 862. The molecule has 2 rings (SSSR count). The van der Waals surface area contributed by atoms with Crippen molar-refractivity contribution >= 4 is 17.6 Å². The molecule has 0 saturated carbocycles. The molecule has 198 valence electrons. The van der Waals surface area contributed by atoms with Crippen LogP contribution in [0, 0.1) is 0 Å². The summed E-state index contributed by atoms with van der Waals surface area (Å²) >= 11 is 0. The topological polar surface area (TPSA) is 78.4 Å². The minimum atomic E-state index is -0.502. The number of urea groups is 1. The molecule has 3 amide bonds. The highest BCUT2D eigenvalue weighted by Crippen LogP contribution is 2.23. The van der Waals surface area contributed by atoms with Crippen molar-refractivity contribution in [3.05, 3.63) is 48.5 Å². The van der Waals surface area contributed by atoms with Gasteiger partial charge in [0, 0.05) is 12.1 Å². The lowest BCUT2D eigenvalue weighted by Gasteiger charge is -2.08. The van der Waals surface area contributed by atoms with Crippen LogP contribution in [-0.2, 0) is 4.79 Å². The van der Waals surface area contributed by atoms with E-state index in [1.807, 2.05) is 24.3 Å². The number of nitrogens with one attached hydrogen (secondary N) is 2. The highest BCUT2D eigenvalue weighted by Gasteiger charge is 2.08. The van der Waals surface area contributed by atoms with Crippen LogP contribution in [0.25, 0.3) is 11.1 Å². The number of benzene rings is 2. The fourth-order valence-corrected chi connectivity index (χ4v) is 4.41. The standard InChI is InChI=1S/C31H46N2O3/c1-2-3-4-5-6-7-8-9-10-11-12-13-14-15-16-17-30(35)33-31(36)32-28-22-18-26(19-23-28)27-20-24-29(34)25-21-27/h18-25,34H,2-17H2,1H3,(H2,32,33,35,36). The van der Waals surface area contributed by atoms with Crippen molar-refractivity contribution in [2.45, 2.75) is 110 Å². The van der Waals surface area contributed by atoms with Crippen LogP contribution in [0.4, 0.5) is 10.5 Å². The summed E-state index contributed by atoms with van der Waals surface area (Å²) in [7, 11) is 0. The Morgan fingerprint density at radius 3 is 1.50 bits per heavy atom. The fraction of sp³-hybridized carbons (Fsp3) is 0.548. The highest BCUT2D eigenvalue weighted by molar-refractivity contribution is 6.01. The highest BCUT2D eigenvalue weighted by atomic mass is 16.3. The number of hydrogen-bond donors (Lipinski definition) is 3. The van der Waals surface area contributed by atoms with E-state index in [1.54, 1.807) is 24.3 Å². The van der Waals surface area contributed by atoms with E-state index in [2.05, 4.69) is 17.6 Å². The first-order valence-corrected chi connectivity index (χ1v) is 14.1. The summed E-state index contributed by atoms with van der Waals surface area (Å²) < 4.78 is 0. The van der Waals surface area contributed by atoms with Crippen LogP contribution in [0.2, 0.25) is 0 Å². The number of phenols is 1. The van der Waals surface area contributed by atoms with E-state index in [9.17, 15) is 14.7 Å². The van der Waals surface area contributed by atoms with E-state index in [1.165, 1.54) is 77.0 Å². The zero-order valence-electron chi connectivity index (χ0n) is 22.2. The van der Waals surface area contributed by atoms with Crippen LogP contribution < -0.4 is 10.6 Å². The zero-order chi connectivity index (χ0) is 25.8. The van der Waals surface area contributed by atoms with Crippen LogP contribution in [0.15, 0.2) is 48.5 Å². The summed E-state index contributed by atoms with van der Waals surface area (Å²) in [6.07, 6.45) is 19.7. The molecule has 0 aromatic heterocycles. The first kappa shape index (κ1) is 29.4. The molecule has 0 spiro atoms. The predicted octanol–water partition coefficient (Wildman–Crippen LogP) is 8.97. The van der Waals surface area contributed by atoms with Gasteiger partial charge in [0.2, 0.25) is 5.91 Å². The molecule has 36 heavy (non-hydrogen) atoms. The molecule has 0 radical (unpaired) electrons. The number of anilines is 1. The second-order valence-corrected chi connectivity index (χ2v) is 9.83. The fourth-order valence-electron chi connectivity index (χ4n) is 4.41. The molecule has 5 heteroatoms. The van der Waals surface area contributed by atoms with Gasteiger partial charge in [-0.3, -0.25) is 10.1 Å². The summed E-state index contributed by atoms with van der Waals surface area (Å²) in [6, 6.07) is 13.8. The van der Waals surface area contributed by atoms with E-state index in [-0.39, 0.29) is 11.7 Å². The van der Waals surface area contributed by atoms with E-state index in [0.717, 1.165) is 30.4 Å². The minimum absolute atomic E-state index is 0.225. The SMILES string of the molecule is CCCCCCCCCCCCCCCCCC(=O)NC(=O)Nc1ccc(-c2ccc(O)cc2)cc1. The molecule has 2 aromatic carbocycles. The Morgan fingerprint density at radius 2 is 1.03 bits per heavy atom. The van der Waals surface area contributed by atoms with Crippen LogP contribution >= 0.6 is 0 Å². The molecule has 0 atom stereocenters. The van der Waals surface area contributed by atoms with Gasteiger partial charge in [0.25, 0.3) is 0 Å². The molecular weight excluding hydrogens is 448 g/mol. The Morgan fingerprint density at radius 1 is 0.611 bits per heavy atom. The van der Waals surface area contributed by atoms with Gasteiger partial charge >= 0.3 is 6.03 Å². The van der Waals surface area contributed by atoms with Gasteiger partial charge in [0.05, 0.1) is 0 Å². The third kappa shape index (κ3) is 13.3. The van der Waals surface area contributed by atoms with Gasteiger partial charge in [-0.15, -0.1) is 0 Å². The Hall–Kier alpha value is -2.82. The molecule has 0 aliphatic carbocycles. The number of hydrogen-bond acceptors (Lipinski definition) is 3. The number of unbranched alkanes of at least 4 members (excludes halogenated alkanes) is 14. The quantitative estimate of drug-likeness (QED) is 0.181. The molecule has 0 fully saturated rings. The Labute approximate surface area is 218 Å². The molecular formula is C31H46N2O3. The van der Waals surface area contributed by atoms with Gasteiger partial charge < -0.3 is 10.4 Å². The normalized spacial score (nSPS) is 10.8. The lowest BCUT2D eigenvalue weighted by Crippen LogP contribution is -2.34. The average Bonchev–Trinajstić information content (AvgIpc) is 2.87. The first-order chi connectivity index (χ1) is 17.6. The van der Waals surface area contributed by atoms with Crippen molar-refractivity contribution in [3.63, 3.8) is 0 Å². The van der Waals surface area contributed by atoms with Crippen LogP contribution in [0.5, 0.6) is 5.75 Å². The van der Waals surface area contributed by atoms with E-state index >= 15 is 0 Å². The largest absolute Gasteiger partial charge is 0.508 e. The maximum atomic E-state index is 12.1. The Kier molecular flexibility index (Phi) is 15.1. The number of phenolic OH excluding ortho intramolecular Hbond substituents is 1. The van der Waals surface area contributed by atoms with Gasteiger partial charge in [-0.2, -0.15) is 0 Å². The number of aromatic hydroxyl groups is 1. The van der Waals surface area contributed by atoms with Crippen molar-refractivity contribution in [1.29, 1.82) is 0 Å². The third-order valence-corrected chi connectivity index (χ3v) is 6.60. The molecule has 0 bridgehead atoms. The van der Waals surface area contributed by atoms with Crippen molar-refractivity contribution in [3.8, 4) is 16.9 Å². The second-order valence-electron chi connectivity index (χ2n) is 9.83. The summed E-state index contributed by atoms with van der Waals surface area (Å²) in [5, 5.41) is 14.5. The van der Waals surface area contributed by atoms with E-state index in [0.29, 0.717) is 12.1 Å². The maximum Gasteiger partial charge on any atom is 0.325 e. The lowest BCUT2D eigenvalue weighted by atomic mass is 10.0. The van der Waals surface area contributed by atoms with Gasteiger partial charge in [-0.05, 0) is 41.8 Å². The van der Waals surface area contributed by atoms with E-state index in [4.69, 9.17) is 0 Å². The van der Waals surface area contributed by atoms with Gasteiger partial charge in [0.15, 0.2) is 0 Å². The van der Waals surface area contributed by atoms with Crippen molar-refractivity contribution < 1.29 is 14.7 Å². The number of rotatable bonds is 18. The number of amides is 3. The zero-order valence-corrected chi connectivity index (χ0v) is 22.2. The van der Waals surface area contributed by atoms with E-state index < -0.39 is 6.03 Å².